The normalized spacial score (nSPS) is 14.4. The van der Waals surface area contributed by atoms with Crippen molar-refractivity contribution in [1.29, 1.82) is 0 Å². The molecule has 1 aromatic carbocycles. The first-order valence-electron chi connectivity index (χ1n) is 5.08. The number of phenolic OH excluding ortho intramolecular Hbond substituents is 1. The van der Waals surface area contributed by atoms with Crippen molar-refractivity contribution in [2.24, 2.45) is 0 Å². The zero-order valence-corrected chi connectivity index (χ0v) is 11.2. The Morgan fingerprint density at radius 2 is 2.06 bits per heavy atom. The van der Waals surface area contributed by atoms with Crippen LogP contribution in [0.3, 0.4) is 0 Å². The second-order valence-electron chi connectivity index (χ2n) is 3.62. The Morgan fingerprint density at radius 3 is 2.59 bits per heavy atom. The summed E-state index contributed by atoms with van der Waals surface area (Å²) in [6.07, 6.45) is -2.20. The molecule has 0 saturated carbocycles. The summed E-state index contributed by atoms with van der Waals surface area (Å²) in [6.45, 7) is 0.218. The third-order valence-corrected chi connectivity index (χ3v) is 2.84. The maximum absolute atomic E-state index is 9.92. The van der Waals surface area contributed by atoms with E-state index in [0.29, 0.717) is 4.47 Å². The third kappa shape index (κ3) is 3.32. The van der Waals surface area contributed by atoms with Gasteiger partial charge in [0.2, 0.25) is 0 Å². The van der Waals surface area contributed by atoms with E-state index in [4.69, 9.17) is 4.74 Å². The van der Waals surface area contributed by atoms with Gasteiger partial charge in [-0.2, -0.15) is 0 Å². The van der Waals surface area contributed by atoms with E-state index < -0.39 is 12.2 Å². The monoisotopic (exact) mass is 305 g/mol. The molecule has 17 heavy (non-hydrogen) atoms. The van der Waals surface area contributed by atoms with Crippen LogP contribution in [0.4, 0.5) is 0 Å². The van der Waals surface area contributed by atoms with E-state index in [2.05, 4.69) is 21.2 Å². The van der Waals surface area contributed by atoms with Crippen LogP contribution < -0.4 is 10.1 Å². The molecule has 0 fully saturated rings. The van der Waals surface area contributed by atoms with Crippen LogP contribution in [0.25, 0.3) is 0 Å². The molecule has 0 aliphatic rings. The largest absolute Gasteiger partial charge is 0.504 e. The molecule has 1 rings (SSSR count). The molecular formula is C11H16BrNO4. The third-order valence-electron chi connectivity index (χ3n) is 2.39. The summed E-state index contributed by atoms with van der Waals surface area (Å²) in [4.78, 5) is 0. The minimum absolute atomic E-state index is 0.168. The Hall–Kier alpha value is -0.820. The van der Waals surface area contributed by atoms with Crippen molar-refractivity contribution in [2.45, 2.75) is 12.2 Å². The van der Waals surface area contributed by atoms with Crippen LogP contribution in [0.1, 0.15) is 11.7 Å². The van der Waals surface area contributed by atoms with Crippen molar-refractivity contribution in [1.82, 2.24) is 5.32 Å². The van der Waals surface area contributed by atoms with Gasteiger partial charge in [0.15, 0.2) is 11.5 Å². The minimum atomic E-state index is -1.19. The predicted molar refractivity (Wildman–Crippen MR) is 67.3 cm³/mol. The highest BCUT2D eigenvalue weighted by atomic mass is 79.9. The van der Waals surface area contributed by atoms with E-state index in [9.17, 15) is 15.3 Å². The zero-order chi connectivity index (χ0) is 13.0. The lowest BCUT2D eigenvalue weighted by molar-refractivity contribution is 0.0187. The van der Waals surface area contributed by atoms with Crippen LogP contribution in [-0.4, -0.2) is 42.1 Å². The number of ether oxygens (including phenoxy) is 1. The number of benzene rings is 1. The number of likely N-dealkylation sites (N-methyl/N-ethyl adjacent to an activating group) is 1. The second kappa shape index (κ2) is 6.20. The van der Waals surface area contributed by atoms with Crippen LogP contribution in [0, 0.1) is 0 Å². The van der Waals surface area contributed by atoms with Crippen molar-refractivity contribution >= 4 is 15.9 Å². The van der Waals surface area contributed by atoms with Crippen LogP contribution in [-0.2, 0) is 0 Å². The van der Waals surface area contributed by atoms with E-state index in [1.54, 1.807) is 19.2 Å². The quantitative estimate of drug-likeness (QED) is 0.646. The molecular weight excluding hydrogens is 290 g/mol. The topological polar surface area (TPSA) is 82.0 Å². The van der Waals surface area contributed by atoms with Gasteiger partial charge in [0.05, 0.1) is 13.2 Å². The Kier molecular flexibility index (Phi) is 5.20. The van der Waals surface area contributed by atoms with Gasteiger partial charge in [-0.15, -0.1) is 0 Å². The molecule has 2 atom stereocenters. The average Bonchev–Trinajstić information content (AvgIpc) is 2.31. The van der Waals surface area contributed by atoms with E-state index in [1.807, 2.05) is 0 Å². The van der Waals surface area contributed by atoms with Crippen molar-refractivity contribution in [3.05, 3.63) is 22.2 Å². The number of phenols is 1. The van der Waals surface area contributed by atoms with Gasteiger partial charge in [-0.3, -0.25) is 0 Å². The molecule has 0 amide bonds. The van der Waals surface area contributed by atoms with Gasteiger partial charge >= 0.3 is 0 Å². The van der Waals surface area contributed by atoms with E-state index in [1.165, 1.54) is 7.11 Å². The number of methoxy groups -OCH3 is 1. The highest BCUT2D eigenvalue weighted by Crippen LogP contribution is 2.37. The number of hydrogen-bond donors (Lipinski definition) is 4. The molecule has 4 N–H and O–H groups in total. The zero-order valence-electron chi connectivity index (χ0n) is 9.64. The molecule has 6 heteroatoms. The van der Waals surface area contributed by atoms with Crippen molar-refractivity contribution in [2.75, 3.05) is 20.7 Å². The Morgan fingerprint density at radius 1 is 1.41 bits per heavy atom. The number of hydrogen-bond acceptors (Lipinski definition) is 5. The number of halogens is 1. The summed E-state index contributed by atoms with van der Waals surface area (Å²) >= 11 is 3.24. The fourth-order valence-electron chi connectivity index (χ4n) is 1.50. The SMILES string of the molecule is CNCC(O)C(O)c1cc(Br)cc(OC)c1O. The van der Waals surface area contributed by atoms with Gasteiger partial charge in [-0.1, -0.05) is 15.9 Å². The van der Waals surface area contributed by atoms with Gasteiger partial charge in [0.1, 0.15) is 6.10 Å². The Balaban J connectivity index is 3.08. The molecule has 0 aromatic heterocycles. The van der Waals surface area contributed by atoms with Gasteiger partial charge in [0.25, 0.3) is 0 Å². The first-order valence-corrected chi connectivity index (χ1v) is 5.87. The molecule has 0 bridgehead atoms. The van der Waals surface area contributed by atoms with Crippen molar-refractivity contribution < 1.29 is 20.1 Å². The number of aromatic hydroxyl groups is 1. The standard InChI is InChI=1S/C11H16BrNO4/c1-13-5-8(14)10(15)7-3-6(12)4-9(17-2)11(7)16/h3-4,8,10,13-16H,5H2,1-2H3. The summed E-state index contributed by atoms with van der Waals surface area (Å²) in [5.74, 6) is 0.0726. The second-order valence-corrected chi connectivity index (χ2v) is 4.53. The number of aliphatic hydroxyl groups excluding tert-OH is 2. The summed E-state index contributed by atoms with van der Waals surface area (Å²) in [6, 6.07) is 3.12. The number of aliphatic hydroxyl groups is 2. The maximum Gasteiger partial charge on any atom is 0.163 e. The fraction of sp³-hybridized carbons (Fsp3) is 0.455. The van der Waals surface area contributed by atoms with Crippen molar-refractivity contribution in [3.8, 4) is 11.5 Å². The van der Waals surface area contributed by atoms with E-state index in [0.717, 1.165) is 0 Å². The van der Waals surface area contributed by atoms with Gasteiger partial charge in [0, 0.05) is 16.6 Å². The Bertz CT molecular complexity index is 386. The van der Waals surface area contributed by atoms with Gasteiger partial charge < -0.3 is 25.4 Å². The lowest BCUT2D eigenvalue weighted by atomic mass is 10.0. The lowest BCUT2D eigenvalue weighted by Crippen LogP contribution is -2.29. The highest BCUT2D eigenvalue weighted by Gasteiger charge is 2.23. The predicted octanol–water partition coefficient (Wildman–Crippen LogP) is 0.777. The number of rotatable bonds is 5. The summed E-state index contributed by atoms with van der Waals surface area (Å²) < 4.78 is 5.62. The fourth-order valence-corrected chi connectivity index (χ4v) is 1.96. The molecule has 1 aromatic rings. The van der Waals surface area contributed by atoms with Gasteiger partial charge in [-0.25, -0.2) is 0 Å². The molecule has 0 radical (unpaired) electrons. The van der Waals surface area contributed by atoms with E-state index in [-0.39, 0.29) is 23.6 Å². The highest BCUT2D eigenvalue weighted by molar-refractivity contribution is 9.10. The molecule has 0 saturated heterocycles. The molecule has 0 heterocycles. The molecule has 0 spiro atoms. The molecule has 0 aliphatic heterocycles. The molecule has 2 unspecified atom stereocenters. The maximum atomic E-state index is 9.92. The molecule has 0 aliphatic carbocycles. The first kappa shape index (κ1) is 14.2. The van der Waals surface area contributed by atoms with Crippen LogP contribution in [0.15, 0.2) is 16.6 Å². The Labute approximate surface area is 108 Å². The van der Waals surface area contributed by atoms with Crippen LogP contribution in [0.5, 0.6) is 11.5 Å². The van der Waals surface area contributed by atoms with Crippen molar-refractivity contribution in [3.63, 3.8) is 0 Å². The smallest absolute Gasteiger partial charge is 0.163 e. The van der Waals surface area contributed by atoms with Crippen LogP contribution in [0.2, 0.25) is 0 Å². The lowest BCUT2D eigenvalue weighted by Gasteiger charge is -2.20. The van der Waals surface area contributed by atoms with Gasteiger partial charge in [-0.05, 0) is 19.2 Å². The summed E-state index contributed by atoms with van der Waals surface area (Å²) in [5, 5.41) is 32.2. The summed E-state index contributed by atoms with van der Waals surface area (Å²) in [5.41, 5.74) is 0.221. The van der Waals surface area contributed by atoms with E-state index >= 15 is 0 Å². The van der Waals surface area contributed by atoms with Crippen LogP contribution >= 0.6 is 15.9 Å². The molecule has 96 valence electrons. The summed E-state index contributed by atoms with van der Waals surface area (Å²) in [7, 11) is 3.08. The molecule has 5 nitrogen and oxygen atoms in total. The average molecular weight is 306 g/mol. The number of nitrogens with one attached hydrogen (secondary N) is 1. The minimum Gasteiger partial charge on any atom is -0.504 e. The first-order chi connectivity index (χ1) is 8.01.